The van der Waals surface area contributed by atoms with Crippen molar-refractivity contribution in [2.45, 2.75) is 12.8 Å². The number of benzene rings is 1. The van der Waals surface area contributed by atoms with Crippen molar-refractivity contribution in [3.8, 4) is 0 Å². The zero-order chi connectivity index (χ0) is 12.8. The molecule has 0 saturated heterocycles. The second kappa shape index (κ2) is 6.40. The molecule has 0 spiro atoms. The summed E-state index contributed by atoms with van der Waals surface area (Å²) in [6, 6.07) is 8.40. The van der Waals surface area contributed by atoms with Gasteiger partial charge in [-0.2, -0.15) is 0 Å². The van der Waals surface area contributed by atoms with Crippen LogP contribution in [-0.4, -0.2) is 44.6 Å². The van der Waals surface area contributed by atoms with Crippen molar-refractivity contribution in [3.05, 3.63) is 29.8 Å². The van der Waals surface area contributed by atoms with Gasteiger partial charge in [-0.25, -0.2) is 0 Å². The number of fused-ring (bicyclic) bond motifs is 1. The van der Waals surface area contributed by atoms with Crippen LogP contribution in [0.4, 0.5) is 5.69 Å². The molecule has 0 aromatic heterocycles. The van der Waals surface area contributed by atoms with E-state index in [2.05, 4.69) is 58.9 Å². The summed E-state index contributed by atoms with van der Waals surface area (Å²) in [5.74, 6) is 0.902. The van der Waals surface area contributed by atoms with Crippen LogP contribution in [0.3, 0.4) is 0 Å². The Hall–Kier alpha value is -1.55. The van der Waals surface area contributed by atoms with Crippen LogP contribution in [0.25, 0.3) is 0 Å². The summed E-state index contributed by atoms with van der Waals surface area (Å²) in [6.45, 7) is 2.89. The van der Waals surface area contributed by atoms with Gasteiger partial charge in [0.2, 0.25) is 0 Å². The van der Waals surface area contributed by atoms with Gasteiger partial charge in [-0.05, 0) is 45.1 Å². The van der Waals surface area contributed by atoms with E-state index in [9.17, 15) is 0 Å². The van der Waals surface area contributed by atoms with E-state index in [4.69, 9.17) is 0 Å². The fourth-order valence-corrected chi connectivity index (χ4v) is 2.02. The number of guanidine groups is 1. The standard InChI is InChI=1S/C14H22N4/c1-18(2)11-5-9-15-14-16-10-8-12-6-3-4-7-13(12)17-14/h3-4,6-7H,5,8-11H2,1-2H3,(H2,15,16,17). The summed E-state index contributed by atoms with van der Waals surface area (Å²) < 4.78 is 0. The number of hydrogen-bond acceptors (Lipinski definition) is 4. The van der Waals surface area contributed by atoms with Gasteiger partial charge in [0, 0.05) is 18.8 Å². The van der Waals surface area contributed by atoms with E-state index in [-0.39, 0.29) is 0 Å². The number of para-hydroxylation sites is 1. The number of anilines is 1. The van der Waals surface area contributed by atoms with E-state index in [1.807, 2.05) is 0 Å². The topological polar surface area (TPSA) is 39.7 Å². The molecule has 0 unspecified atom stereocenters. The predicted molar refractivity (Wildman–Crippen MR) is 77.2 cm³/mol. The third-order valence-electron chi connectivity index (χ3n) is 3.00. The van der Waals surface area contributed by atoms with Gasteiger partial charge in [-0.15, -0.1) is 0 Å². The molecule has 98 valence electrons. The Labute approximate surface area is 109 Å². The maximum atomic E-state index is 4.54. The van der Waals surface area contributed by atoms with Gasteiger partial charge in [-0.1, -0.05) is 18.2 Å². The van der Waals surface area contributed by atoms with Gasteiger partial charge in [-0.3, -0.25) is 4.99 Å². The molecule has 0 aliphatic carbocycles. The van der Waals surface area contributed by atoms with Gasteiger partial charge >= 0.3 is 0 Å². The molecule has 1 heterocycles. The Balaban J connectivity index is 1.85. The molecule has 1 aliphatic rings. The summed E-state index contributed by atoms with van der Waals surface area (Å²) in [6.07, 6.45) is 2.13. The predicted octanol–water partition coefficient (Wildman–Crippen LogP) is 1.55. The molecular formula is C14H22N4. The second-order valence-electron chi connectivity index (χ2n) is 4.85. The Morgan fingerprint density at radius 2 is 2.17 bits per heavy atom. The van der Waals surface area contributed by atoms with Gasteiger partial charge in [0.25, 0.3) is 0 Å². The highest BCUT2D eigenvalue weighted by Crippen LogP contribution is 2.17. The number of nitrogens with zero attached hydrogens (tertiary/aromatic N) is 2. The first-order valence-corrected chi connectivity index (χ1v) is 6.53. The molecular weight excluding hydrogens is 224 g/mol. The highest BCUT2D eigenvalue weighted by molar-refractivity contribution is 5.94. The van der Waals surface area contributed by atoms with Crippen molar-refractivity contribution in [3.63, 3.8) is 0 Å². The van der Waals surface area contributed by atoms with Crippen LogP contribution in [0.15, 0.2) is 29.3 Å². The minimum Gasteiger partial charge on any atom is -0.356 e. The monoisotopic (exact) mass is 246 g/mol. The highest BCUT2D eigenvalue weighted by Gasteiger charge is 2.08. The van der Waals surface area contributed by atoms with E-state index < -0.39 is 0 Å². The van der Waals surface area contributed by atoms with Crippen molar-refractivity contribution in [2.24, 2.45) is 4.99 Å². The lowest BCUT2D eigenvalue weighted by molar-refractivity contribution is 0.400. The largest absolute Gasteiger partial charge is 0.356 e. The fourth-order valence-electron chi connectivity index (χ4n) is 2.02. The van der Waals surface area contributed by atoms with Crippen LogP contribution in [-0.2, 0) is 6.42 Å². The van der Waals surface area contributed by atoms with Crippen molar-refractivity contribution >= 4 is 11.6 Å². The van der Waals surface area contributed by atoms with Crippen molar-refractivity contribution in [2.75, 3.05) is 39.0 Å². The third-order valence-corrected chi connectivity index (χ3v) is 3.00. The van der Waals surface area contributed by atoms with Crippen LogP contribution in [0.2, 0.25) is 0 Å². The Kier molecular flexibility index (Phi) is 4.59. The number of hydrogen-bond donors (Lipinski definition) is 2. The Morgan fingerprint density at radius 3 is 3.00 bits per heavy atom. The summed E-state index contributed by atoms with van der Waals surface area (Å²) in [5, 5.41) is 6.74. The molecule has 2 rings (SSSR count). The van der Waals surface area contributed by atoms with Crippen LogP contribution < -0.4 is 10.6 Å². The van der Waals surface area contributed by atoms with E-state index in [1.54, 1.807) is 0 Å². The van der Waals surface area contributed by atoms with Gasteiger partial charge in [0.15, 0.2) is 5.96 Å². The molecule has 1 aromatic rings. The molecule has 2 N–H and O–H groups in total. The van der Waals surface area contributed by atoms with E-state index in [0.717, 1.165) is 38.4 Å². The van der Waals surface area contributed by atoms with E-state index in [0.29, 0.717) is 0 Å². The third kappa shape index (κ3) is 3.74. The maximum Gasteiger partial charge on any atom is 0.195 e. The summed E-state index contributed by atoms with van der Waals surface area (Å²) in [5.41, 5.74) is 2.51. The number of nitrogens with one attached hydrogen (secondary N) is 2. The molecule has 0 atom stereocenters. The SMILES string of the molecule is CN(C)CCCNC1=NCCc2ccccc2N1. The first kappa shape index (κ1) is 12.9. The average molecular weight is 246 g/mol. The van der Waals surface area contributed by atoms with Crippen LogP contribution >= 0.6 is 0 Å². The van der Waals surface area contributed by atoms with Crippen LogP contribution in [0.1, 0.15) is 12.0 Å². The first-order chi connectivity index (χ1) is 8.75. The number of aliphatic imine (C=N–C) groups is 1. The molecule has 0 saturated carbocycles. The van der Waals surface area contributed by atoms with Crippen LogP contribution in [0.5, 0.6) is 0 Å². The second-order valence-corrected chi connectivity index (χ2v) is 4.85. The van der Waals surface area contributed by atoms with E-state index >= 15 is 0 Å². The van der Waals surface area contributed by atoms with E-state index in [1.165, 1.54) is 11.3 Å². The quantitative estimate of drug-likeness (QED) is 0.792. The normalized spacial score (nSPS) is 14.5. The molecule has 4 nitrogen and oxygen atoms in total. The zero-order valence-electron chi connectivity index (χ0n) is 11.2. The molecule has 0 amide bonds. The zero-order valence-corrected chi connectivity index (χ0v) is 11.2. The molecule has 1 aromatic carbocycles. The summed E-state index contributed by atoms with van der Waals surface area (Å²) in [4.78, 5) is 6.73. The lowest BCUT2D eigenvalue weighted by Crippen LogP contribution is -2.32. The number of rotatable bonds is 4. The van der Waals surface area contributed by atoms with Crippen molar-refractivity contribution in [1.29, 1.82) is 0 Å². The maximum absolute atomic E-state index is 4.54. The fraction of sp³-hybridized carbons (Fsp3) is 0.500. The Morgan fingerprint density at radius 1 is 1.33 bits per heavy atom. The summed E-state index contributed by atoms with van der Waals surface area (Å²) in [7, 11) is 4.19. The lowest BCUT2D eigenvalue weighted by Gasteiger charge is -2.13. The molecule has 0 bridgehead atoms. The minimum atomic E-state index is 0.847. The smallest absolute Gasteiger partial charge is 0.195 e. The van der Waals surface area contributed by atoms with Crippen molar-refractivity contribution in [1.82, 2.24) is 10.2 Å². The van der Waals surface area contributed by atoms with Crippen molar-refractivity contribution < 1.29 is 0 Å². The first-order valence-electron chi connectivity index (χ1n) is 6.53. The minimum absolute atomic E-state index is 0.847. The van der Waals surface area contributed by atoms with Gasteiger partial charge in [0.1, 0.15) is 0 Å². The molecule has 18 heavy (non-hydrogen) atoms. The summed E-state index contributed by atoms with van der Waals surface area (Å²) >= 11 is 0. The highest BCUT2D eigenvalue weighted by atomic mass is 15.2. The lowest BCUT2D eigenvalue weighted by atomic mass is 10.1. The van der Waals surface area contributed by atoms with Crippen LogP contribution in [0, 0.1) is 0 Å². The molecule has 0 radical (unpaired) electrons. The molecule has 1 aliphatic heterocycles. The van der Waals surface area contributed by atoms with Gasteiger partial charge in [0.05, 0.1) is 0 Å². The average Bonchev–Trinajstić information content (AvgIpc) is 2.56. The Bertz CT molecular complexity index is 412. The molecule has 0 fully saturated rings. The van der Waals surface area contributed by atoms with Gasteiger partial charge < -0.3 is 15.5 Å². The molecule has 4 heteroatoms.